The van der Waals surface area contributed by atoms with Gasteiger partial charge < -0.3 is 25.4 Å². The van der Waals surface area contributed by atoms with Crippen LogP contribution in [0.2, 0.25) is 0 Å². The molecule has 23 heavy (non-hydrogen) atoms. The molecule has 0 aliphatic heterocycles. The maximum Gasteiger partial charge on any atom is 0.410 e. The van der Waals surface area contributed by atoms with Crippen LogP contribution >= 0.6 is 24.0 Å². The molecule has 0 radical (unpaired) electrons. The van der Waals surface area contributed by atoms with E-state index in [1.165, 1.54) is 0 Å². The van der Waals surface area contributed by atoms with Crippen molar-refractivity contribution in [2.24, 2.45) is 10.7 Å². The zero-order chi connectivity index (χ0) is 17.0. The minimum Gasteiger partial charge on any atom is -0.444 e. The number of aliphatic imine (C=N–C) groups is 1. The van der Waals surface area contributed by atoms with Gasteiger partial charge in [-0.15, -0.1) is 24.0 Å². The Labute approximate surface area is 157 Å². The van der Waals surface area contributed by atoms with Crippen LogP contribution in [0, 0.1) is 0 Å². The zero-order valence-corrected chi connectivity index (χ0v) is 17.4. The highest BCUT2D eigenvalue weighted by Crippen LogP contribution is 2.09. The SMILES string of the molecule is CCCCN=C(N)NCCN(CCOC)C(=O)OC(C)(C)C.I. The van der Waals surface area contributed by atoms with Crippen LogP contribution in [0.25, 0.3) is 0 Å². The molecule has 7 nitrogen and oxygen atoms in total. The van der Waals surface area contributed by atoms with Gasteiger partial charge in [-0.3, -0.25) is 4.99 Å². The molecular weight excluding hydrogens is 411 g/mol. The van der Waals surface area contributed by atoms with E-state index in [4.69, 9.17) is 15.2 Å². The number of nitrogens with two attached hydrogens (primary N) is 1. The molecule has 0 rings (SSSR count). The summed E-state index contributed by atoms with van der Waals surface area (Å²) in [5.74, 6) is 0.407. The first-order valence-electron chi connectivity index (χ1n) is 7.80. The van der Waals surface area contributed by atoms with E-state index in [0.717, 1.165) is 19.4 Å². The standard InChI is InChI=1S/C15H32N4O3.HI/c1-6-7-8-17-13(16)18-9-10-19(11-12-21-5)14(20)22-15(2,3)4;/h6-12H2,1-5H3,(H3,16,17,18);1H. The van der Waals surface area contributed by atoms with Gasteiger partial charge >= 0.3 is 6.09 Å². The molecule has 0 aliphatic rings. The van der Waals surface area contributed by atoms with Crippen LogP contribution in [0.4, 0.5) is 4.79 Å². The molecule has 3 N–H and O–H groups in total. The van der Waals surface area contributed by atoms with Crippen LogP contribution in [0.3, 0.4) is 0 Å². The molecule has 8 heteroatoms. The number of hydrogen-bond acceptors (Lipinski definition) is 4. The number of guanidine groups is 1. The van der Waals surface area contributed by atoms with E-state index in [9.17, 15) is 4.79 Å². The van der Waals surface area contributed by atoms with Gasteiger partial charge in [-0.2, -0.15) is 0 Å². The highest BCUT2D eigenvalue weighted by molar-refractivity contribution is 14.0. The topological polar surface area (TPSA) is 89.2 Å². The second-order valence-corrected chi connectivity index (χ2v) is 6.01. The highest BCUT2D eigenvalue weighted by Gasteiger charge is 2.21. The number of hydrogen-bond donors (Lipinski definition) is 2. The van der Waals surface area contributed by atoms with E-state index < -0.39 is 5.60 Å². The maximum absolute atomic E-state index is 12.1. The predicted octanol–water partition coefficient (Wildman–Crippen LogP) is 2.19. The summed E-state index contributed by atoms with van der Waals surface area (Å²) < 4.78 is 10.4. The summed E-state index contributed by atoms with van der Waals surface area (Å²) >= 11 is 0. The molecule has 0 spiro atoms. The lowest BCUT2D eigenvalue weighted by Gasteiger charge is -2.27. The van der Waals surface area contributed by atoms with Crippen LogP contribution < -0.4 is 11.1 Å². The highest BCUT2D eigenvalue weighted by atomic mass is 127. The smallest absolute Gasteiger partial charge is 0.410 e. The van der Waals surface area contributed by atoms with Gasteiger partial charge in [0.2, 0.25) is 0 Å². The first-order valence-corrected chi connectivity index (χ1v) is 7.80. The molecule has 0 saturated heterocycles. The molecule has 0 aromatic carbocycles. The Bertz CT molecular complexity index is 346. The number of halogens is 1. The number of rotatable bonds is 9. The Morgan fingerprint density at radius 2 is 1.96 bits per heavy atom. The summed E-state index contributed by atoms with van der Waals surface area (Å²) in [6.45, 7) is 10.3. The van der Waals surface area contributed by atoms with Crippen LogP contribution in [0.15, 0.2) is 4.99 Å². The summed E-state index contributed by atoms with van der Waals surface area (Å²) in [4.78, 5) is 17.9. The van der Waals surface area contributed by atoms with E-state index in [-0.39, 0.29) is 30.1 Å². The number of ether oxygens (including phenoxy) is 2. The van der Waals surface area contributed by atoms with Crippen molar-refractivity contribution in [2.75, 3.05) is 39.9 Å². The number of carbonyl (C=O) groups is 1. The van der Waals surface area contributed by atoms with Gasteiger partial charge in [-0.1, -0.05) is 13.3 Å². The van der Waals surface area contributed by atoms with Crippen molar-refractivity contribution < 1.29 is 14.3 Å². The molecule has 1 amide bonds. The third kappa shape index (κ3) is 14.5. The van der Waals surface area contributed by atoms with Crippen molar-refractivity contribution in [3.63, 3.8) is 0 Å². The monoisotopic (exact) mass is 444 g/mol. The molecule has 0 aliphatic carbocycles. The van der Waals surface area contributed by atoms with Gasteiger partial charge in [0.05, 0.1) is 6.61 Å². The summed E-state index contributed by atoms with van der Waals surface area (Å²) in [7, 11) is 1.60. The quantitative estimate of drug-likeness (QED) is 0.246. The third-order valence-electron chi connectivity index (χ3n) is 2.70. The van der Waals surface area contributed by atoms with E-state index in [2.05, 4.69) is 17.2 Å². The van der Waals surface area contributed by atoms with Crippen LogP contribution in [-0.4, -0.2) is 62.4 Å². The van der Waals surface area contributed by atoms with E-state index in [0.29, 0.717) is 32.2 Å². The number of amides is 1. The van der Waals surface area contributed by atoms with Gasteiger partial charge in [0, 0.05) is 33.3 Å². The summed E-state index contributed by atoms with van der Waals surface area (Å²) in [5, 5.41) is 3.00. The lowest BCUT2D eigenvalue weighted by molar-refractivity contribution is 0.0206. The van der Waals surface area contributed by atoms with Crippen LogP contribution in [0.1, 0.15) is 40.5 Å². The Morgan fingerprint density at radius 3 is 2.48 bits per heavy atom. The van der Waals surface area contributed by atoms with E-state index >= 15 is 0 Å². The van der Waals surface area contributed by atoms with Crippen LogP contribution in [0.5, 0.6) is 0 Å². The van der Waals surface area contributed by atoms with E-state index in [1.807, 2.05) is 20.8 Å². The number of methoxy groups -OCH3 is 1. The number of carbonyl (C=O) groups excluding carboxylic acids is 1. The molecule has 0 aromatic rings. The van der Waals surface area contributed by atoms with Crippen LogP contribution in [-0.2, 0) is 9.47 Å². The number of nitrogens with zero attached hydrogens (tertiary/aromatic N) is 2. The fraction of sp³-hybridized carbons (Fsp3) is 0.867. The lowest BCUT2D eigenvalue weighted by Crippen LogP contribution is -2.44. The normalized spacial score (nSPS) is 11.6. The first kappa shape index (κ1) is 24.5. The average molecular weight is 444 g/mol. The average Bonchev–Trinajstić information content (AvgIpc) is 2.40. The van der Waals surface area contributed by atoms with Gasteiger partial charge in [-0.25, -0.2) is 4.79 Å². The molecule has 138 valence electrons. The van der Waals surface area contributed by atoms with Crippen molar-refractivity contribution in [2.45, 2.75) is 46.1 Å². The lowest BCUT2D eigenvalue weighted by atomic mass is 10.2. The molecule has 0 unspecified atom stereocenters. The zero-order valence-electron chi connectivity index (χ0n) is 15.1. The van der Waals surface area contributed by atoms with Crippen molar-refractivity contribution in [3.8, 4) is 0 Å². The van der Waals surface area contributed by atoms with Gasteiger partial charge in [0.25, 0.3) is 0 Å². The second kappa shape index (κ2) is 13.6. The Morgan fingerprint density at radius 1 is 1.30 bits per heavy atom. The Balaban J connectivity index is 0. The maximum atomic E-state index is 12.1. The minimum atomic E-state index is -0.517. The molecule has 0 aromatic heterocycles. The summed E-state index contributed by atoms with van der Waals surface area (Å²) in [5.41, 5.74) is 5.24. The molecule has 0 fully saturated rings. The first-order chi connectivity index (χ1) is 10.3. The molecular formula is C15H33IN4O3. The van der Waals surface area contributed by atoms with Crippen molar-refractivity contribution >= 4 is 36.0 Å². The minimum absolute atomic E-state index is 0. The number of unbranched alkanes of at least 4 members (excludes halogenated alkanes) is 1. The molecule has 0 bridgehead atoms. The fourth-order valence-electron chi connectivity index (χ4n) is 1.55. The summed E-state index contributed by atoms with van der Waals surface area (Å²) in [6, 6.07) is 0. The largest absolute Gasteiger partial charge is 0.444 e. The Kier molecular flexibility index (Phi) is 14.5. The number of nitrogens with one attached hydrogen (secondary N) is 1. The molecule has 0 heterocycles. The van der Waals surface area contributed by atoms with Crippen molar-refractivity contribution in [1.82, 2.24) is 10.2 Å². The predicted molar refractivity (Wildman–Crippen MR) is 104 cm³/mol. The van der Waals surface area contributed by atoms with Gasteiger partial charge in [-0.05, 0) is 27.2 Å². The van der Waals surface area contributed by atoms with Crippen molar-refractivity contribution in [1.29, 1.82) is 0 Å². The third-order valence-corrected chi connectivity index (χ3v) is 2.70. The van der Waals surface area contributed by atoms with Crippen molar-refractivity contribution in [3.05, 3.63) is 0 Å². The molecule has 0 atom stereocenters. The fourth-order valence-corrected chi connectivity index (χ4v) is 1.55. The van der Waals surface area contributed by atoms with Gasteiger partial charge in [0.15, 0.2) is 5.96 Å². The molecule has 0 saturated carbocycles. The van der Waals surface area contributed by atoms with Gasteiger partial charge in [0.1, 0.15) is 5.60 Å². The van der Waals surface area contributed by atoms with E-state index in [1.54, 1.807) is 12.0 Å². The Hall–Kier alpha value is -0.770. The second-order valence-electron chi connectivity index (χ2n) is 6.01. The summed E-state index contributed by atoms with van der Waals surface area (Å²) in [6.07, 6.45) is 1.74.